The van der Waals surface area contributed by atoms with Crippen molar-refractivity contribution in [1.82, 2.24) is 5.32 Å². The Morgan fingerprint density at radius 2 is 1.92 bits per heavy atom. The number of hydrogen-bond acceptors (Lipinski definition) is 6. The van der Waals surface area contributed by atoms with Crippen LogP contribution in [0.4, 0.5) is 4.79 Å². The zero-order valence-electron chi connectivity index (χ0n) is 14.2. The molecule has 1 aromatic rings. The van der Waals surface area contributed by atoms with Crippen molar-refractivity contribution >= 4 is 12.0 Å². The molecule has 24 heavy (non-hydrogen) atoms. The Hall–Kier alpha value is -2.32. The highest BCUT2D eigenvalue weighted by molar-refractivity contribution is 5.95. The SMILES string of the molecule is COc1ccc(C(O)C(O)CNC(=O)OC(C)(C)C)c(C(N)=O)c1. The van der Waals surface area contributed by atoms with E-state index in [4.69, 9.17) is 15.2 Å². The molecule has 0 saturated heterocycles. The summed E-state index contributed by atoms with van der Waals surface area (Å²) in [4.78, 5) is 23.1. The Bertz CT molecular complexity index is 597. The number of alkyl carbamates (subject to hydrolysis) is 1. The topological polar surface area (TPSA) is 131 Å². The fourth-order valence-corrected chi connectivity index (χ4v) is 1.95. The number of nitrogens with two attached hydrogens (primary N) is 1. The lowest BCUT2D eigenvalue weighted by Gasteiger charge is -2.23. The first kappa shape index (κ1) is 19.7. The Labute approximate surface area is 140 Å². The second-order valence-corrected chi connectivity index (χ2v) is 6.21. The summed E-state index contributed by atoms with van der Waals surface area (Å²) >= 11 is 0. The van der Waals surface area contributed by atoms with Crippen LogP contribution in [0.25, 0.3) is 0 Å². The van der Waals surface area contributed by atoms with Crippen molar-refractivity contribution < 1.29 is 29.3 Å². The zero-order valence-corrected chi connectivity index (χ0v) is 14.2. The van der Waals surface area contributed by atoms with Gasteiger partial charge in [0.2, 0.25) is 5.91 Å². The van der Waals surface area contributed by atoms with E-state index < -0.39 is 29.8 Å². The fourth-order valence-electron chi connectivity index (χ4n) is 1.95. The van der Waals surface area contributed by atoms with Gasteiger partial charge in [0.25, 0.3) is 0 Å². The maximum absolute atomic E-state index is 11.6. The van der Waals surface area contributed by atoms with E-state index in [1.807, 2.05) is 0 Å². The average molecular weight is 340 g/mol. The normalized spacial score (nSPS) is 13.8. The quantitative estimate of drug-likeness (QED) is 0.603. The van der Waals surface area contributed by atoms with Crippen LogP contribution in [0.15, 0.2) is 18.2 Å². The first-order valence-electron chi connectivity index (χ1n) is 7.36. The van der Waals surface area contributed by atoms with Crippen molar-refractivity contribution in [3.63, 3.8) is 0 Å². The zero-order chi connectivity index (χ0) is 18.5. The summed E-state index contributed by atoms with van der Waals surface area (Å²) in [7, 11) is 1.43. The van der Waals surface area contributed by atoms with E-state index in [0.717, 1.165) is 0 Å². The molecule has 1 aromatic carbocycles. The number of amides is 2. The van der Waals surface area contributed by atoms with E-state index in [-0.39, 0.29) is 17.7 Å². The Balaban J connectivity index is 2.80. The maximum atomic E-state index is 11.6. The van der Waals surface area contributed by atoms with Gasteiger partial charge < -0.3 is 30.7 Å². The van der Waals surface area contributed by atoms with Crippen LogP contribution in [0.1, 0.15) is 42.8 Å². The van der Waals surface area contributed by atoms with Crippen LogP contribution >= 0.6 is 0 Å². The van der Waals surface area contributed by atoms with Crippen LogP contribution in [0.3, 0.4) is 0 Å². The standard InChI is InChI=1S/C16H24N2O6/c1-16(2,3)24-15(22)18-8-12(19)13(20)10-6-5-9(23-4)7-11(10)14(17)21/h5-7,12-13,19-20H,8H2,1-4H3,(H2,17,21)(H,18,22). The first-order valence-corrected chi connectivity index (χ1v) is 7.36. The lowest BCUT2D eigenvalue weighted by atomic mass is 9.97. The van der Waals surface area contributed by atoms with E-state index >= 15 is 0 Å². The molecule has 0 aromatic heterocycles. The number of methoxy groups -OCH3 is 1. The van der Waals surface area contributed by atoms with Crippen molar-refractivity contribution in [3.8, 4) is 5.75 Å². The first-order chi connectivity index (χ1) is 11.0. The second kappa shape index (κ2) is 7.98. The molecule has 0 heterocycles. The minimum Gasteiger partial charge on any atom is -0.497 e. The molecule has 0 aliphatic carbocycles. The van der Waals surface area contributed by atoms with Crippen molar-refractivity contribution in [1.29, 1.82) is 0 Å². The van der Waals surface area contributed by atoms with Gasteiger partial charge in [-0.15, -0.1) is 0 Å². The summed E-state index contributed by atoms with van der Waals surface area (Å²) in [5.41, 5.74) is 4.78. The molecule has 2 unspecified atom stereocenters. The molecule has 0 bridgehead atoms. The van der Waals surface area contributed by atoms with E-state index in [1.54, 1.807) is 20.8 Å². The van der Waals surface area contributed by atoms with Gasteiger partial charge in [-0.1, -0.05) is 6.07 Å². The molecule has 0 radical (unpaired) electrons. The van der Waals surface area contributed by atoms with Crippen molar-refractivity contribution in [3.05, 3.63) is 29.3 Å². The third-order valence-corrected chi connectivity index (χ3v) is 3.06. The molecule has 0 spiro atoms. The lowest BCUT2D eigenvalue weighted by Crippen LogP contribution is -2.39. The van der Waals surface area contributed by atoms with Gasteiger partial charge in [-0.3, -0.25) is 4.79 Å². The molecule has 0 fully saturated rings. The summed E-state index contributed by atoms with van der Waals surface area (Å²) in [6, 6.07) is 4.33. The van der Waals surface area contributed by atoms with Gasteiger partial charge in [0.05, 0.1) is 7.11 Å². The second-order valence-electron chi connectivity index (χ2n) is 6.21. The molecule has 2 atom stereocenters. The minimum absolute atomic E-state index is 0.0261. The maximum Gasteiger partial charge on any atom is 0.407 e. The summed E-state index contributed by atoms with van der Waals surface area (Å²) in [6.07, 6.45) is -3.50. The molecule has 8 nitrogen and oxygen atoms in total. The summed E-state index contributed by atoms with van der Waals surface area (Å²) in [5, 5.41) is 22.6. The minimum atomic E-state index is -1.42. The summed E-state index contributed by atoms with van der Waals surface area (Å²) < 4.78 is 10.0. The number of aliphatic hydroxyl groups excluding tert-OH is 2. The average Bonchev–Trinajstić information content (AvgIpc) is 2.49. The number of carbonyl (C=O) groups is 2. The van der Waals surface area contributed by atoms with Gasteiger partial charge in [-0.05, 0) is 38.5 Å². The number of aliphatic hydroxyl groups is 2. The molecule has 0 aliphatic rings. The highest BCUT2D eigenvalue weighted by Gasteiger charge is 2.25. The molecule has 2 amide bonds. The predicted octanol–water partition coefficient (Wildman–Crippen LogP) is 0.713. The molecule has 1 rings (SSSR count). The number of ether oxygens (including phenoxy) is 2. The monoisotopic (exact) mass is 340 g/mol. The molecule has 0 saturated carbocycles. The number of hydrogen-bond donors (Lipinski definition) is 4. The van der Waals surface area contributed by atoms with Crippen LogP contribution < -0.4 is 15.8 Å². The summed E-state index contributed by atoms with van der Waals surface area (Å²) in [5.74, 6) is -0.378. The molecular weight excluding hydrogens is 316 g/mol. The van der Waals surface area contributed by atoms with Gasteiger partial charge >= 0.3 is 6.09 Å². The highest BCUT2D eigenvalue weighted by atomic mass is 16.6. The van der Waals surface area contributed by atoms with Crippen LogP contribution in [0, 0.1) is 0 Å². The summed E-state index contributed by atoms with van der Waals surface area (Å²) in [6.45, 7) is 4.84. The van der Waals surface area contributed by atoms with Crippen LogP contribution in [-0.4, -0.2) is 47.6 Å². The van der Waals surface area contributed by atoms with E-state index in [0.29, 0.717) is 5.75 Å². The molecule has 8 heteroatoms. The van der Waals surface area contributed by atoms with Gasteiger partial charge in [0.15, 0.2) is 0 Å². The van der Waals surface area contributed by atoms with Gasteiger partial charge in [-0.25, -0.2) is 4.79 Å². The van der Waals surface area contributed by atoms with Gasteiger partial charge in [0.1, 0.15) is 23.6 Å². The molecule has 0 aliphatic heterocycles. The lowest BCUT2D eigenvalue weighted by molar-refractivity contribution is 0.0125. The van der Waals surface area contributed by atoms with Crippen molar-refractivity contribution in [2.24, 2.45) is 5.73 Å². The van der Waals surface area contributed by atoms with Crippen LogP contribution in [0.2, 0.25) is 0 Å². The van der Waals surface area contributed by atoms with E-state index in [9.17, 15) is 19.8 Å². The fraction of sp³-hybridized carbons (Fsp3) is 0.500. The highest BCUT2D eigenvalue weighted by Crippen LogP contribution is 2.25. The van der Waals surface area contributed by atoms with Crippen LogP contribution in [-0.2, 0) is 4.74 Å². The molecule has 134 valence electrons. The predicted molar refractivity (Wildman–Crippen MR) is 86.7 cm³/mol. The Morgan fingerprint density at radius 1 is 1.29 bits per heavy atom. The number of nitrogens with one attached hydrogen (secondary N) is 1. The smallest absolute Gasteiger partial charge is 0.407 e. The number of rotatable bonds is 6. The molecular formula is C16H24N2O6. The number of benzene rings is 1. The Morgan fingerprint density at radius 3 is 2.42 bits per heavy atom. The Kier molecular flexibility index (Phi) is 6.56. The van der Waals surface area contributed by atoms with Gasteiger partial charge in [0, 0.05) is 12.1 Å². The number of primary amides is 1. The van der Waals surface area contributed by atoms with E-state index in [2.05, 4.69) is 5.32 Å². The number of carbonyl (C=O) groups excluding carboxylic acids is 2. The van der Waals surface area contributed by atoms with Gasteiger partial charge in [-0.2, -0.15) is 0 Å². The van der Waals surface area contributed by atoms with Crippen molar-refractivity contribution in [2.45, 2.75) is 38.6 Å². The van der Waals surface area contributed by atoms with E-state index in [1.165, 1.54) is 25.3 Å². The molecule has 5 N–H and O–H groups in total. The van der Waals surface area contributed by atoms with Crippen LogP contribution in [0.5, 0.6) is 5.75 Å². The third kappa shape index (κ3) is 5.71. The largest absolute Gasteiger partial charge is 0.497 e. The third-order valence-electron chi connectivity index (χ3n) is 3.06. The van der Waals surface area contributed by atoms with Crippen molar-refractivity contribution in [2.75, 3.05) is 13.7 Å².